The molecule has 2 amide bonds. The summed E-state index contributed by atoms with van der Waals surface area (Å²) in [4.78, 5) is 10.8. The second-order valence-electron chi connectivity index (χ2n) is 2.08. The van der Waals surface area contributed by atoms with Gasteiger partial charge in [-0.2, -0.15) is 0 Å². The van der Waals surface area contributed by atoms with Crippen molar-refractivity contribution in [2.24, 2.45) is 0 Å². The minimum absolute atomic E-state index is 0.195. The van der Waals surface area contributed by atoms with Crippen LogP contribution in [-0.4, -0.2) is 35.6 Å². The molecule has 0 aromatic heterocycles. The molecular formula is C5H7N2O3Se. The number of rotatable bonds is 0. The Morgan fingerprint density at radius 3 is 2.55 bits per heavy atom. The Hall–Kier alpha value is -0.551. The Morgan fingerprint density at radius 2 is 2.00 bits per heavy atom. The van der Waals surface area contributed by atoms with Crippen molar-refractivity contribution in [3.05, 3.63) is 10.2 Å². The number of amides is 2. The van der Waals surface area contributed by atoms with E-state index in [0.717, 1.165) is 4.47 Å². The molecule has 1 N–H and O–H groups in total. The SMILES string of the molecule is CC1=C(C)N([O])C(=O)N(O)[Se]1. The maximum absolute atomic E-state index is 10.9. The summed E-state index contributed by atoms with van der Waals surface area (Å²) in [6.07, 6.45) is 0. The van der Waals surface area contributed by atoms with Gasteiger partial charge in [0.1, 0.15) is 0 Å². The number of allylic oxidation sites excluding steroid dienone is 2. The maximum atomic E-state index is 10.9. The van der Waals surface area contributed by atoms with Crippen molar-refractivity contribution in [1.82, 2.24) is 9.14 Å². The Kier molecular flexibility index (Phi) is 2.20. The summed E-state index contributed by atoms with van der Waals surface area (Å²) < 4.78 is 1.22. The number of hydroxylamine groups is 3. The molecule has 0 aromatic carbocycles. The van der Waals surface area contributed by atoms with Crippen molar-refractivity contribution in [1.29, 1.82) is 0 Å². The average molecular weight is 222 g/mol. The number of carbonyl (C=O) groups excluding carboxylic acids is 1. The van der Waals surface area contributed by atoms with Gasteiger partial charge in [0, 0.05) is 0 Å². The van der Waals surface area contributed by atoms with E-state index in [1.165, 1.54) is 0 Å². The van der Waals surface area contributed by atoms with E-state index >= 15 is 0 Å². The fraction of sp³-hybridized carbons (Fsp3) is 0.400. The van der Waals surface area contributed by atoms with E-state index in [4.69, 9.17) is 5.21 Å². The van der Waals surface area contributed by atoms with Crippen LogP contribution in [0.3, 0.4) is 0 Å². The molecule has 1 aliphatic heterocycles. The van der Waals surface area contributed by atoms with Crippen LogP contribution in [0.4, 0.5) is 4.79 Å². The first kappa shape index (κ1) is 8.55. The van der Waals surface area contributed by atoms with Gasteiger partial charge in [-0.25, -0.2) is 0 Å². The van der Waals surface area contributed by atoms with Crippen molar-refractivity contribution >= 4 is 21.2 Å². The van der Waals surface area contributed by atoms with Crippen LogP contribution in [-0.2, 0) is 5.21 Å². The van der Waals surface area contributed by atoms with Gasteiger partial charge in [0.15, 0.2) is 0 Å². The molecule has 6 heteroatoms. The number of carbonyl (C=O) groups is 1. The second kappa shape index (κ2) is 2.83. The summed E-state index contributed by atoms with van der Waals surface area (Å²) in [6, 6.07) is -0.895. The van der Waals surface area contributed by atoms with E-state index in [1.807, 2.05) is 0 Å². The molecule has 0 bridgehead atoms. The van der Waals surface area contributed by atoms with Gasteiger partial charge in [0.2, 0.25) is 0 Å². The van der Waals surface area contributed by atoms with E-state index in [9.17, 15) is 10.0 Å². The zero-order chi connectivity index (χ0) is 8.59. The molecule has 0 saturated heterocycles. The van der Waals surface area contributed by atoms with E-state index in [0.29, 0.717) is 9.78 Å². The van der Waals surface area contributed by atoms with Crippen LogP contribution >= 0.6 is 0 Å². The van der Waals surface area contributed by atoms with Crippen LogP contribution in [0.2, 0.25) is 0 Å². The second-order valence-corrected chi connectivity index (χ2v) is 4.48. The van der Waals surface area contributed by atoms with Gasteiger partial charge in [-0.3, -0.25) is 0 Å². The Bertz CT molecular complexity index is 228. The van der Waals surface area contributed by atoms with Crippen LogP contribution in [0.5, 0.6) is 0 Å². The molecule has 1 rings (SSSR count). The zero-order valence-corrected chi connectivity index (χ0v) is 7.78. The quantitative estimate of drug-likeness (QED) is 0.474. The zero-order valence-electron chi connectivity index (χ0n) is 6.07. The molecule has 0 aromatic rings. The molecule has 1 aliphatic rings. The van der Waals surface area contributed by atoms with Gasteiger partial charge in [-0.15, -0.1) is 0 Å². The molecule has 1 heterocycles. The average Bonchev–Trinajstić information content (AvgIpc) is 1.97. The van der Waals surface area contributed by atoms with Crippen LogP contribution in [0, 0.1) is 0 Å². The van der Waals surface area contributed by atoms with Crippen LogP contribution in [0.1, 0.15) is 13.8 Å². The molecule has 0 aliphatic carbocycles. The molecule has 0 spiro atoms. The third-order valence-corrected chi connectivity index (χ3v) is 3.26. The summed E-state index contributed by atoms with van der Waals surface area (Å²) in [6.45, 7) is 3.28. The fourth-order valence-corrected chi connectivity index (χ4v) is 1.91. The first-order valence-corrected chi connectivity index (χ1v) is 4.52. The summed E-state index contributed by atoms with van der Waals surface area (Å²) in [7, 11) is 0. The van der Waals surface area contributed by atoms with Crippen molar-refractivity contribution in [3.63, 3.8) is 0 Å². The molecule has 0 atom stereocenters. The summed E-state index contributed by atoms with van der Waals surface area (Å²) in [5.41, 5.74) is 0.389. The molecule has 0 saturated carbocycles. The van der Waals surface area contributed by atoms with Gasteiger partial charge in [0.25, 0.3) is 0 Å². The van der Waals surface area contributed by atoms with Gasteiger partial charge in [0.05, 0.1) is 0 Å². The van der Waals surface area contributed by atoms with Crippen molar-refractivity contribution in [2.45, 2.75) is 13.8 Å². The normalized spacial score (nSPS) is 19.8. The van der Waals surface area contributed by atoms with Crippen LogP contribution in [0.25, 0.3) is 0 Å². The van der Waals surface area contributed by atoms with Crippen LogP contribution in [0.15, 0.2) is 10.2 Å². The first-order valence-electron chi connectivity index (χ1n) is 2.89. The Labute approximate surface area is 70.2 Å². The molecule has 0 unspecified atom stereocenters. The van der Waals surface area contributed by atoms with E-state index in [2.05, 4.69) is 0 Å². The first-order chi connectivity index (χ1) is 5.04. The predicted molar refractivity (Wildman–Crippen MR) is 35.7 cm³/mol. The summed E-state index contributed by atoms with van der Waals surface area (Å²) in [5, 5.41) is 19.9. The van der Waals surface area contributed by atoms with Crippen LogP contribution < -0.4 is 0 Å². The topological polar surface area (TPSA) is 63.7 Å². The van der Waals surface area contributed by atoms with Gasteiger partial charge in [-0.1, -0.05) is 0 Å². The van der Waals surface area contributed by atoms with E-state index < -0.39 is 21.2 Å². The molecule has 11 heavy (non-hydrogen) atoms. The molecule has 0 fully saturated rings. The third-order valence-electron chi connectivity index (χ3n) is 1.37. The fourth-order valence-electron chi connectivity index (χ4n) is 0.599. The third kappa shape index (κ3) is 1.39. The Balaban J connectivity index is 2.95. The molecule has 5 nitrogen and oxygen atoms in total. The number of hydrogen-bond acceptors (Lipinski definition) is 2. The minimum atomic E-state index is -0.895. The van der Waals surface area contributed by atoms with Crippen molar-refractivity contribution in [2.75, 3.05) is 0 Å². The number of urea groups is 1. The number of nitrogens with zero attached hydrogens (tertiary/aromatic N) is 2. The monoisotopic (exact) mass is 223 g/mol. The molecule has 1 radical (unpaired) electrons. The van der Waals surface area contributed by atoms with E-state index in [1.54, 1.807) is 13.8 Å². The van der Waals surface area contributed by atoms with Gasteiger partial charge in [-0.05, 0) is 0 Å². The molecular weight excluding hydrogens is 215 g/mol. The van der Waals surface area contributed by atoms with Crippen molar-refractivity contribution < 1.29 is 15.2 Å². The van der Waals surface area contributed by atoms with Crippen molar-refractivity contribution in [3.8, 4) is 0 Å². The number of hydrogen-bond donors (Lipinski definition) is 1. The van der Waals surface area contributed by atoms with Gasteiger partial charge < -0.3 is 0 Å². The van der Waals surface area contributed by atoms with E-state index in [-0.39, 0.29) is 5.06 Å². The molecule has 61 valence electrons. The summed E-state index contributed by atoms with van der Waals surface area (Å²) >= 11 is -0.428. The predicted octanol–water partition coefficient (Wildman–Crippen LogP) is 0.329. The summed E-state index contributed by atoms with van der Waals surface area (Å²) in [5.74, 6) is 0. The standard InChI is InChI=1S/C5H7N2O3Se/c1-3-4(2)11-7(10)5(8)6(3)9/h10H,1-2H3. The van der Waals surface area contributed by atoms with Gasteiger partial charge >= 0.3 is 69.6 Å². The Morgan fingerprint density at radius 1 is 1.45 bits per heavy atom.